The van der Waals surface area contributed by atoms with Gasteiger partial charge in [-0.25, -0.2) is 4.98 Å². The van der Waals surface area contributed by atoms with Crippen molar-refractivity contribution < 1.29 is 4.73 Å². The molecule has 0 atom stereocenters. The van der Waals surface area contributed by atoms with E-state index in [1.54, 1.807) is 0 Å². The summed E-state index contributed by atoms with van der Waals surface area (Å²) in [5.41, 5.74) is 0.789. The Kier molecular flexibility index (Phi) is 2.21. The molecule has 0 saturated heterocycles. The molecule has 54 valence electrons. The Morgan fingerprint density at radius 3 is 3.00 bits per heavy atom. The summed E-state index contributed by atoms with van der Waals surface area (Å²) in [6.45, 7) is 1.95. The van der Waals surface area contributed by atoms with Crippen LogP contribution in [0, 0.1) is 5.21 Å². The van der Waals surface area contributed by atoms with Gasteiger partial charge in [0.2, 0.25) is 0 Å². The number of aromatic nitrogens is 2. The minimum Gasteiger partial charge on any atom is -0.618 e. The van der Waals surface area contributed by atoms with Gasteiger partial charge in [0.25, 0.3) is 4.60 Å². The van der Waals surface area contributed by atoms with Gasteiger partial charge in [-0.05, 0) is 6.42 Å². The van der Waals surface area contributed by atoms with Crippen LogP contribution in [0.4, 0.5) is 0 Å². The van der Waals surface area contributed by atoms with E-state index in [-0.39, 0.29) is 0 Å². The van der Waals surface area contributed by atoms with Crippen molar-refractivity contribution >= 4 is 15.9 Å². The van der Waals surface area contributed by atoms with Gasteiger partial charge in [0.15, 0.2) is 6.20 Å². The first-order valence-corrected chi connectivity index (χ1v) is 3.77. The molecule has 1 rings (SSSR count). The lowest BCUT2D eigenvalue weighted by atomic mass is 10.4. The Morgan fingerprint density at radius 1 is 1.80 bits per heavy atom. The van der Waals surface area contributed by atoms with Crippen LogP contribution in [-0.2, 0) is 6.42 Å². The number of rotatable bonds is 1. The van der Waals surface area contributed by atoms with Crippen LogP contribution >= 0.6 is 15.9 Å². The number of hydrogen-bond donors (Lipinski definition) is 0. The molecule has 1 aromatic rings. The quantitative estimate of drug-likeness (QED) is 0.505. The molecule has 0 aliphatic carbocycles. The van der Waals surface area contributed by atoms with E-state index in [4.69, 9.17) is 0 Å². The molecule has 0 fully saturated rings. The first kappa shape index (κ1) is 7.47. The summed E-state index contributed by atoms with van der Waals surface area (Å²) >= 11 is 3.13. The predicted molar refractivity (Wildman–Crippen MR) is 40.3 cm³/mol. The maximum absolute atomic E-state index is 10.8. The second kappa shape index (κ2) is 2.96. The third-order valence-electron chi connectivity index (χ3n) is 1.20. The zero-order valence-electron chi connectivity index (χ0n) is 5.54. The maximum Gasteiger partial charge on any atom is 0.280 e. The topological polar surface area (TPSA) is 39.8 Å². The monoisotopic (exact) mass is 202 g/mol. The Morgan fingerprint density at radius 2 is 2.50 bits per heavy atom. The van der Waals surface area contributed by atoms with E-state index in [0.29, 0.717) is 4.60 Å². The molecule has 1 aromatic heterocycles. The third-order valence-corrected chi connectivity index (χ3v) is 2.01. The maximum atomic E-state index is 10.8. The molecule has 0 N–H and O–H groups in total. The standard InChI is InChI=1S/C6H7BrN2O/c1-2-5-6(7)9(10)4-3-8-5/h3-4H,2H2,1H3. The minimum atomic E-state index is 0.512. The highest BCUT2D eigenvalue weighted by molar-refractivity contribution is 9.10. The molecule has 0 radical (unpaired) electrons. The van der Waals surface area contributed by atoms with Crippen molar-refractivity contribution in [3.05, 3.63) is 27.9 Å². The van der Waals surface area contributed by atoms with Crippen LogP contribution in [0.1, 0.15) is 12.6 Å². The van der Waals surface area contributed by atoms with Gasteiger partial charge in [-0.2, -0.15) is 4.73 Å². The summed E-state index contributed by atoms with van der Waals surface area (Å²) < 4.78 is 1.27. The van der Waals surface area contributed by atoms with Crippen LogP contribution in [0.15, 0.2) is 17.0 Å². The normalized spacial score (nSPS) is 9.80. The summed E-state index contributed by atoms with van der Waals surface area (Å²) in [4.78, 5) is 3.99. The molecule has 10 heavy (non-hydrogen) atoms. The SMILES string of the molecule is CCc1ncc[n+]([O-])c1Br. The molecule has 0 aromatic carbocycles. The zero-order chi connectivity index (χ0) is 7.56. The van der Waals surface area contributed by atoms with E-state index >= 15 is 0 Å². The van der Waals surface area contributed by atoms with Gasteiger partial charge in [-0.15, -0.1) is 0 Å². The lowest BCUT2D eigenvalue weighted by Crippen LogP contribution is -2.28. The van der Waals surface area contributed by atoms with Gasteiger partial charge in [0, 0.05) is 15.9 Å². The Labute approximate surface area is 67.4 Å². The highest BCUT2D eigenvalue weighted by atomic mass is 79.9. The van der Waals surface area contributed by atoms with Crippen molar-refractivity contribution in [1.82, 2.24) is 4.98 Å². The molecule has 0 bridgehead atoms. The summed E-state index contributed by atoms with van der Waals surface area (Å²) in [6.07, 6.45) is 3.63. The predicted octanol–water partition coefficient (Wildman–Crippen LogP) is 1.04. The van der Waals surface area contributed by atoms with Crippen molar-refractivity contribution in [3.63, 3.8) is 0 Å². The molecule has 4 heteroatoms. The second-order valence-corrected chi connectivity index (χ2v) is 2.60. The average Bonchev–Trinajstić information content (AvgIpc) is 1.95. The minimum absolute atomic E-state index is 0.512. The summed E-state index contributed by atoms with van der Waals surface area (Å²) in [5, 5.41) is 10.8. The highest BCUT2D eigenvalue weighted by Gasteiger charge is 2.06. The van der Waals surface area contributed by atoms with Gasteiger partial charge in [0.1, 0.15) is 5.69 Å². The molecule has 0 aliphatic heterocycles. The summed E-state index contributed by atoms with van der Waals surface area (Å²) in [7, 11) is 0. The fraction of sp³-hybridized carbons (Fsp3) is 0.333. The fourth-order valence-electron chi connectivity index (χ4n) is 0.667. The van der Waals surface area contributed by atoms with Gasteiger partial charge in [-0.3, -0.25) is 0 Å². The van der Waals surface area contributed by atoms with Crippen LogP contribution < -0.4 is 4.73 Å². The Hall–Kier alpha value is -0.640. The van der Waals surface area contributed by atoms with Crippen LogP contribution in [0.25, 0.3) is 0 Å². The molecule has 0 saturated carbocycles. The Bertz CT molecular complexity index is 239. The molecule has 0 amide bonds. The average molecular weight is 203 g/mol. The molecule has 0 spiro atoms. The van der Waals surface area contributed by atoms with Crippen LogP contribution in [-0.4, -0.2) is 4.98 Å². The van der Waals surface area contributed by atoms with E-state index < -0.39 is 0 Å². The van der Waals surface area contributed by atoms with Gasteiger partial charge in [-0.1, -0.05) is 6.92 Å². The van der Waals surface area contributed by atoms with Gasteiger partial charge < -0.3 is 5.21 Å². The number of hydrogen-bond acceptors (Lipinski definition) is 2. The fourth-order valence-corrected chi connectivity index (χ4v) is 1.17. The van der Waals surface area contributed by atoms with Crippen LogP contribution in [0.2, 0.25) is 0 Å². The molecule has 0 aliphatic rings. The van der Waals surface area contributed by atoms with Crippen molar-refractivity contribution in [2.24, 2.45) is 0 Å². The highest BCUT2D eigenvalue weighted by Crippen LogP contribution is 2.07. The smallest absolute Gasteiger partial charge is 0.280 e. The van der Waals surface area contributed by atoms with Crippen molar-refractivity contribution in [2.45, 2.75) is 13.3 Å². The van der Waals surface area contributed by atoms with E-state index in [1.807, 2.05) is 6.92 Å². The number of halogens is 1. The second-order valence-electron chi connectivity index (χ2n) is 1.84. The van der Waals surface area contributed by atoms with E-state index in [2.05, 4.69) is 20.9 Å². The number of nitrogens with zero attached hydrogens (tertiary/aromatic N) is 2. The summed E-state index contributed by atoms with van der Waals surface area (Å²) in [5.74, 6) is 0. The third kappa shape index (κ3) is 1.26. The van der Waals surface area contributed by atoms with Crippen molar-refractivity contribution in [1.29, 1.82) is 0 Å². The van der Waals surface area contributed by atoms with Crippen LogP contribution in [0.3, 0.4) is 0 Å². The first-order chi connectivity index (χ1) is 4.75. The largest absolute Gasteiger partial charge is 0.618 e. The van der Waals surface area contributed by atoms with Gasteiger partial charge >= 0.3 is 0 Å². The van der Waals surface area contributed by atoms with Gasteiger partial charge in [0.05, 0.1) is 6.20 Å². The van der Waals surface area contributed by atoms with E-state index in [9.17, 15) is 5.21 Å². The molecule has 1 heterocycles. The lowest BCUT2D eigenvalue weighted by Gasteiger charge is -1.99. The molecule has 0 unspecified atom stereocenters. The summed E-state index contributed by atoms with van der Waals surface area (Å²) in [6, 6.07) is 0. The lowest BCUT2D eigenvalue weighted by molar-refractivity contribution is -0.618. The molecular formula is C6H7BrN2O. The van der Waals surface area contributed by atoms with Crippen molar-refractivity contribution in [2.75, 3.05) is 0 Å². The number of aryl methyl sites for hydroxylation is 1. The Balaban J connectivity index is 3.14. The first-order valence-electron chi connectivity index (χ1n) is 2.98. The van der Waals surface area contributed by atoms with E-state index in [1.165, 1.54) is 12.4 Å². The van der Waals surface area contributed by atoms with Crippen molar-refractivity contribution in [3.8, 4) is 0 Å². The van der Waals surface area contributed by atoms with Crippen LogP contribution in [0.5, 0.6) is 0 Å². The molecule has 3 nitrogen and oxygen atoms in total. The zero-order valence-corrected chi connectivity index (χ0v) is 7.13. The molecular weight excluding hydrogens is 196 g/mol. The van der Waals surface area contributed by atoms with E-state index in [0.717, 1.165) is 16.8 Å².